The number of hydrogen-bond acceptors (Lipinski definition) is 5. The molecule has 1 aliphatic heterocycles. The third-order valence-corrected chi connectivity index (χ3v) is 5.01. The number of carbonyl (C=O) groups excluding carboxylic acids is 1. The van der Waals surface area contributed by atoms with Crippen molar-refractivity contribution in [1.82, 2.24) is 14.9 Å². The first-order valence-corrected chi connectivity index (χ1v) is 8.83. The number of carbonyl (C=O) groups is 1. The Morgan fingerprint density at radius 3 is 3.17 bits per heavy atom. The van der Waals surface area contributed by atoms with Gasteiger partial charge < -0.3 is 19.4 Å². The maximum absolute atomic E-state index is 12.3. The molecule has 0 bridgehead atoms. The molecule has 0 fully saturated rings. The number of nitrogens with zero attached hydrogens (tertiary/aromatic N) is 2. The summed E-state index contributed by atoms with van der Waals surface area (Å²) in [5.41, 5.74) is 1.02. The lowest BCUT2D eigenvalue weighted by Gasteiger charge is -2.25. The Bertz CT molecular complexity index is 717. The number of imidazole rings is 1. The number of ether oxygens (including phenoxy) is 2. The van der Waals surface area contributed by atoms with Gasteiger partial charge in [-0.3, -0.25) is 4.79 Å². The van der Waals surface area contributed by atoms with Gasteiger partial charge in [-0.05, 0) is 30.2 Å². The number of benzene rings is 1. The molecule has 0 radical (unpaired) electrons. The van der Waals surface area contributed by atoms with E-state index in [1.807, 2.05) is 36.0 Å². The SMILES string of the molecule is COc1ccc2c(c1)CC(C(=O)NCCSc1nccn1C)CO2. The monoisotopic (exact) mass is 347 g/mol. The van der Waals surface area contributed by atoms with Gasteiger partial charge in [0.1, 0.15) is 18.1 Å². The van der Waals surface area contributed by atoms with E-state index in [1.54, 1.807) is 25.1 Å². The van der Waals surface area contributed by atoms with Crippen molar-refractivity contribution in [1.29, 1.82) is 0 Å². The number of aryl methyl sites for hydroxylation is 1. The third-order valence-electron chi connectivity index (χ3n) is 3.95. The number of rotatable bonds is 6. The molecule has 128 valence electrons. The van der Waals surface area contributed by atoms with E-state index in [4.69, 9.17) is 9.47 Å². The summed E-state index contributed by atoms with van der Waals surface area (Å²) in [6.07, 6.45) is 4.35. The minimum atomic E-state index is -0.164. The van der Waals surface area contributed by atoms with E-state index < -0.39 is 0 Å². The summed E-state index contributed by atoms with van der Waals surface area (Å²) in [6.45, 7) is 1.02. The van der Waals surface area contributed by atoms with E-state index in [2.05, 4.69) is 10.3 Å². The summed E-state index contributed by atoms with van der Waals surface area (Å²) in [7, 11) is 3.59. The largest absolute Gasteiger partial charge is 0.497 e. The Kier molecular flexibility index (Phi) is 5.30. The first-order chi connectivity index (χ1) is 11.7. The van der Waals surface area contributed by atoms with Gasteiger partial charge in [0.05, 0.1) is 13.0 Å². The van der Waals surface area contributed by atoms with Crippen LogP contribution in [0.15, 0.2) is 35.7 Å². The molecule has 0 spiro atoms. The van der Waals surface area contributed by atoms with Gasteiger partial charge in [0.25, 0.3) is 0 Å². The number of fused-ring (bicyclic) bond motifs is 1. The second-order valence-corrected chi connectivity index (χ2v) is 6.71. The topological polar surface area (TPSA) is 65.4 Å². The summed E-state index contributed by atoms with van der Waals surface area (Å²) in [5.74, 6) is 2.27. The predicted molar refractivity (Wildman–Crippen MR) is 92.6 cm³/mol. The molecule has 6 nitrogen and oxygen atoms in total. The van der Waals surface area contributed by atoms with Gasteiger partial charge in [0, 0.05) is 31.7 Å². The lowest BCUT2D eigenvalue weighted by molar-refractivity contribution is -0.126. The van der Waals surface area contributed by atoms with Gasteiger partial charge in [-0.1, -0.05) is 11.8 Å². The molecule has 1 N–H and O–H groups in total. The van der Waals surface area contributed by atoms with E-state index in [0.29, 0.717) is 19.6 Å². The summed E-state index contributed by atoms with van der Waals surface area (Å²) in [5, 5.41) is 3.94. The van der Waals surface area contributed by atoms with Gasteiger partial charge in [-0.2, -0.15) is 0 Å². The van der Waals surface area contributed by atoms with Crippen LogP contribution < -0.4 is 14.8 Å². The molecule has 2 aromatic rings. The average molecular weight is 347 g/mol. The molecule has 1 atom stereocenters. The van der Waals surface area contributed by atoms with Crippen LogP contribution in [-0.2, 0) is 18.3 Å². The third kappa shape index (κ3) is 3.84. The number of methoxy groups -OCH3 is 1. The van der Waals surface area contributed by atoms with Crippen molar-refractivity contribution >= 4 is 17.7 Å². The predicted octanol–water partition coefficient (Wildman–Crippen LogP) is 1.89. The van der Waals surface area contributed by atoms with Crippen LogP contribution in [-0.4, -0.2) is 41.5 Å². The van der Waals surface area contributed by atoms with Crippen LogP contribution in [0.2, 0.25) is 0 Å². The summed E-state index contributed by atoms with van der Waals surface area (Å²) >= 11 is 1.63. The molecule has 7 heteroatoms. The van der Waals surface area contributed by atoms with Crippen molar-refractivity contribution in [2.24, 2.45) is 13.0 Å². The van der Waals surface area contributed by atoms with E-state index in [1.165, 1.54) is 0 Å². The lowest BCUT2D eigenvalue weighted by Crippen LogP contribution is -2.38. The van der Waals surface area contributed by atoms with Gasteiger partial charge in [-0.25, -0.2) is 4.98 Å². The molecule has 0 aliphatic carbocycles. The highest BCUT2D eigenvalue weighted by Gasteiger charge is 2.26. The fourth-order valence-corrected chi connectivity index (χ4v) is 3.40. The van der Waals surface area contributed by atoms with Crippen LogP contribution in [0.5, 0.6) is 11.5 Å². The Balaban J connectivity index is 1.48. The van der Waals surface area contributed by atoms with Crippen molar-refractivity contribution in [2.75, 3.05) is 26.0 Å². The maximum atomic E-state index is 12.3. The number of amides is 1. The molecule has 2 heterocycles. The van der Waals surface area contributed by atoms with Crippen molar-refractivity contribution < 1.29 is 14.3 Å². The van der Waals surface area contributed by atoms with Crippen LogP contribution in [0.25, 0.3) is 0 Å². The molecule has 24 heavy (non-hydrogen) atoms. The number of aromatic nitrogens is 2. The number of hydrogen-bond donors (Lipinski definition) is 1. The normalized spacial score (nSPS) is 16.2. The summed E-state index contributed by atoms with van der Waals surface area (Å²) in [4.78, 5) is 16.6. The smallest absolute Gasteiger partial charge is 0.226 e. The Morgan fingerprint density at radius 2 is 2.42 bits per heavy atom. The van der Waals surface area contributed by atoms with Gasteiger partial charge >= 0.3 is 0 Å². The zero-order valence-electron chi connectivity index (χ0n) is 13.8. The standard InChI is InChI=1S/C17H21N3O3S/c1-20-7-5-19-17(20)24-8-6-18-16(21)13-9-12-10-14(22-2)3-4-15(12)23-11-13/h3-5,7,10,13H,6,8-9,11H2,1-2H3,(H,18,21). The molecule has 1 unspecified atom stereocenters. The number of nitrogens with one attached hydrogen (secondary N) is 1. The summed E-state index contributed by atoms with van der Waals surface area (Å²) in [6, 6.07) is 5.70. The highest BCUT2D eigenvalue weighted by atomic mass is 32.2. The molecule has 0 saturated carbocycles. The molecule has 1 amide bonds. The van der Waals surface area contributed by atoms with Crippen LogP contribution in [0.4, 0.5) is 0 Å². The van der Waals surface area contributed by atoms with Crippen LogP contribution >= 0.6 is 11.8 Å². The maximum Gasteiger partial charge on any atom is 0.226 e. The first kappa shape index (κ1) is 16.7. The van der Waals surface area contributed by atoms with Gasteiger partial charge in [-0.15, -0.1) is 0 Å². The second-order valence-electron chi connectivity index (χ2n) is 5.65. The lowest BCUT2D eigenvalue weighted by atomic mass is 9.96. The Labute approximate surface area is 145 Å². The molecule has 0 saturated heterocycles. The van der Waals surface area contributed by atoms with Crippen molar-refractivity contribution in [2.45, 2.75) is 11.6 Å². The molecule has 3 rings (SSSR count). The highest BCUT2D eigenvalue weighted by molar-refractivity contribution is 7.99. The van der Waals surface area contributed by atoms with E-state index >= 15 is 0 Å². The van der Waals surface area contributed by atoms with E-state index in [0.717, 1.165) is 28.0 Å². The molecular formula is C17H21N3O3S. The Morgan fingerprint density at radius 1 is 1.54 bits per heavy atom. The van der Waals surface area contributed by atoms with E-state index in [-0.39, 0.29) is 11.8 Å². The minimum Gasteiger partial charge on any atom is -0.497 e. The van der Waals surface area contributed by atoms with Crippen LogP contribution in [0, 0.1) is 5.92 Å². The average Bonchev–Trinajstić information content (AvgIpc) is 3.02. The van der Waals surface area contributed by atoms with Crippen molar-refractivity contribution in [3.63, 3.8) is 0 Å². The molecule has 1 aromatic carbocycles. The zero-order chi connectivity index (χ0) is 16.9. The molecular weight excluding hydrogens is 326 g/mol. The zero-order valence-corrected chi connectivity index (χ0v) is 14.6. The minimum absolute atomic E-state index is 0.0314. The van der Waals surface area contributed by atoms with Gasteiger partial charge in [0.15, 0.2) is 5.16 Å². The second kappa shape index (κ2) is 7.61. The first-order valence-electron chi connectivity index (χ1n) is 7.85. The molecule has 1 aromatic heterocycles. The number of thioether (sulfide) groups is 1. The van der Waals surface area contributed by atoms with Crippen molar-refractivity contribution in [3.8, 4) is 11.5 Å². The van der Waals surface area contributed by atoms with Crippen molar-refractivity contribution in [3.05, 3.63) is 36.2 Å². The Hall–Kier alpha value is -2.15. The highest BCUT2D eigenvalue weighted by Crippen LogP contribution is 2.30. The van der Waals surface area contributed by atoms with Gasteiger partial charge in [0.2, 0.25) is 5.91 Å². The fraction of sp³-hybridized carbons (Fsp3) is 0.412. The quantitative estimate of drug-likeness (QED) is 0.638. The van der Waals surface area contributed by atoms with Crippen LogP contribution in [0.3, 0.4) is 0 Å². The van der Waals surface area contributed by atoms with Crippen LogP contribution in [0.1, 0.15) is 5.56 Å². The van der Waals surface area contributed by atoms with E-state index in [9.17, 15) is 4.79 Å². The molecule has 1 aliphatic rings. The fourth-order valence-electron chi connectivity index (χ4n) is 2.62. The summed E-state index contributed by atoms with van der Waals surface area (Å²) < 4.78 is 12.9.